The van der Waals surface area contributed by atoms with Crippen molar-refractivity contribution in [2.75, 3.05) is 26.3 Å². The van der Waals surface area contributed by atoms with Gasteiger partial charge < -0.3 is 9.64 Å². The van der Waals surface area contributed by atoms with E-state index in [1.807, 2.05) is 30.6 Å². The highest BCUT2D eigenvalue weighted by molar-refractivity contribution is 5.73. The van der Waals surface area contributed by atoms with Crippen molar-refractivity contribution < 1.29 is 4.74 Å². The van der Waals surface area contributed by atoms with Crippen LogP contribution in [0.1, 0.15) is 0 Å². The van der Waals surface area contributed by atoms with Crippen LogP contribution in [0, 0.1) is 0 Å². The summed E-state index contributed by atoms with van der Waals surface area (Å²) in [6, 6.07) is 7.89. The molecule has 0 atom stereocenters. The van der Waals surface area contributed by atoms with E-state index in [-0.39, 0.29) is 0 Å². The second-order valence-electron chi connectivity index (χ2n) is 4.17. The lowest BCUT2D eigenvalue weighted by Crippen LogP contribution is -2.35. The van der Waals surface area contributed by atoms with Gasteiger partial charge >= 0.3 is 0 Å². The van der Waals surface area contributed by atoms with E-state index in [4.69, 9.17) is 4.74 Å². The van der Waals surface area contributed by atoms with Crippen molar-refractivity contribution in [1.29, 1.82) is 0 Å². The summed E-state index contributed by atoms with van der Waals surface area (Å²) in [4.78, 5) is 6.55. The number of aromatic nitrogens is 3. The fourth-order valence-electron chi connectivity index (χ4n) is 1.94. The summed E-state index contributed by atoms with van der Waals surface area (Å²) in [6.45, 7) is 3.86. The van der Waals surface area contributed by atoms with Gasteiger partial charge in [0, 0.05) is 13.1 Å². The number of para-hydroxylation sites is 1. The van der Waals surface area contributed by atoms with E-state index >= 15 is 0 Å². The van der Waals surface area contributed by atoms with Crippen LogP contribution in [0.2, 0.25) is 0 Å². The Hall–Kier alpha value is -1.95. The van der Waals surface area contributed by atoms with Crippen molar-refractivity contribution in [3.8, 4) is 0 Å². The Morgan fingerprint density at radius 1 is 1.28 bits per heavy atom. The first-order valence-corrected chi connectivity index (χ1v) is 6.03. The molecule has 1 aromatic carbocycles. The zero-order valence-corrected chi connectivity index (χ0v) is 10.1. The van der Waals surface area contributed by atoms with E-state index < -0.39 is 0 Å². The van der Waals surface area contributed by atoms with Gasteiger partial charge in [-0.25, -0.2) is 4.68 Å². The summed E-state index contributed by atoms with van der Waals surface area (Å²) in [7, 11) is 0. The molecule has 1 aromatic heterocycles. The molecule has 94 valence electrons. The summed E-state index contributed by atoms with van der Waals surface area (Å²) in [5, 5.41) is 8.18. The second kappa shape index (κ2) is 5.14. The average molecular weight is 245 g/mol. The van der Waals surface area contributed by atoms with Crippen molar-refractivity contribution in [2.45, 2.75) is 6.67 Å². The molecule has 0 bridgehead atoms. The SMILES string of the molecule is C(=N\Cn1nnc2ccccc21)/N1CCOCC1. The van der Waals surface area contributed by atoms with Gasteiger partial charge in [-0.2, -0.15) is 0 Å². The first-order valence-electron chi connectivity index (χ1n) is 6.03. The molecule has 0 radical (unpaired) electrons. The van der Waals surface area contributed by atoms with Gasteiger partial charge in [-0.1, -0.05) is 17.3 Å². The summed E-state index contributed by atoms with van der Waals surface area (Å²) < 4.78 is 7.08. The van der Waals surface area contributed by atoms with E-state index in [2.05, 4.69) is 20.2 Å². The number of hydrogen-bond acceptors (Lipinski definition) is 4. The average Bonchev–Trinajstić information content (AvgIpc) is 2.84. The number of rotatable bonds is 3. The fraction of sp³-hybridized carbons (Fsp3) is 0.417. The highest BCUT2D eigenvalue weighted by Crippen LogP contribution is 2.09. The van der Waals surface area contributed by atoms with Crippen molar-refractivity contribution in [3.05, 3.63) is 24.3 Å². The number of morpholine rings is 1. The Kier molecular flexibility index (Phi) is 3.18. The quantitative estimate of drug-likeness (QED) is 0.591. The fourth-order valence-corrected chi connectivity index (χ4v) is 1.94. The highest BCUT2D eigenvalue weighted by Gasteiger charge is 2.06. The summed E-state index contributed by atoms with van der Waals surface area (Å²) in [5.41, 5.74) is 1.91. The zero-order valence-electron chi connectivity index (χ0n) is 10.1. The number of benzene rings is 1. The van der Waals surface area contributed by atoms with Crippen LogP contribution in [-0.4, -0.2) is 52.5 Å². The van der Waals surface area contributed by atoms with Crippen molar-refractivity contribution >= 4 is 17.4 Å². The lowest BCUT2D eigenvalue weighted by molar-refractivity contribution is 0.0699. The maximum Gasteiger partial charge on any atom is 0.135 e. The number of aliphatic imine (C=N–C) groups is 1. The molecule has 1 saturated heterocycles. The van der Waals surface area contributed by atoms with Crippen molar-refractivity contribution in [2.24, 2.45) is 4.99 Å². The van der Waals surface area contributed by atoms with Crippen LogP contribution in [0.5, 0.6) is 0 Å². The van der Waals surface area contributed by atoms with Gasteiger partial charge in [0.15, 0.2) is 0 Å². The Morgan fingerprint density at radius 3 is 3.00 bits per heavy atom. The molecule has 0 aliphatic carbocycles. The molecule has 0 amide bonds. The van der Waals surface area contributed by atoms with Crippen LogP contribution in [0.25, 0.3) is 11.0 Å². The van der Waals surface area contributed by atoms with Crippen LogP contribution in [0.3, 0.4) is 0 Å². The van der Waals surface area contributed by atoms with E-state index in [0.29, 0.717) is 6.67 Å². The molecule has 3 rings (SSSR count). The Balaban J connectivity index is 1.67. The lowest BCUT2D eigenvalue weighted by atomic mass is 10.3. The summed E-state index contributed by atoms with van der Waals surface area (Å²) >= 11 is 0. The number of fused-ring (bicyclic) bond motifs is 1. The second-order valence-corrected chi connectivity index (χ2v) is 4.17. The molecular weight excluding hydrogens is 230 g/mol. The molecular formula is C12H15N5O. The first-order chi connectivity index (χ1) is 8.93. The molecule has 2 aromatic rings. The zero-order chi connectivity index (χ0) is 12.2. The summed E-state index contributed by atoms with van der Waals surface area (Å²) in [6.07, 6.45) is 1.87. The predicted molar refractivity (Wildman–Crippen MR) is 68.4 cm³/mol. The van der Waals surface area contributed by atoms with E-state index in [1.165, 1.54) is 0 Å². The van der Waals surface area contributed by atoms with Gasteiger partial charge in [-0.05, 0) is 12.1 Å². The molecule has 0 saturated carbocycles. The largest absolute Gasteiger partial charge is 0.378 e. The van der Waals surface area contributed by atoms with Gasteiger partial charge in [0.1, 0.15) is 12.2 Å². The van der Waals surface area contributed by atoms with Crippen molar-refractivity contribution in [3.63, 3.8) is 0 Å². The smallest absolute Gasteiger partial charge is 0.135 e. The van der Waals surface area contributed by atoms with Gasteiger partial charge in [-0.15, -0.1) is 5.10 Å². The van der Waals surface area contributed by atoms with E-state index in [0.717, 1.165) is 37.3 Å². The molecule has 18 heavy (non-hydrogen) atoms. The minimum Gasteiger partial charge on any atom is -0.378 e. The van der Waals surface area contributed by atoms with Crippen LogP contribution in [-0.2, 0) is 11.4 Å². The maximum atomic E-state index is 5.28. The molecule has 1 aliphatic rings. The third-order valence-corrected chi connectivity index (χ3v) is 2.93. The molecule has 6 nitrogen and oxygen atoms in total. The topological polar surface area (TPSA) is 55.5 Å². The third-order valence-electron chi connectivity index (χ3n) is 2.93. The lowest BCUT2D eigenvalue weighted by Gasteiger charge is -2.24. The number of hydrogen-bond donors (Lipinski definition) is 0. The normalized spacial score (nSPS) is 16.8. The minimum atomic E-state index is 0.498. The van der Waals surface area contributed by atoms with E-state index in [1.54, 1.807) is 4.68 Å². The molecule has 1 aliphatic heterocycles. The molecule has 1 fully saturated rings. The number of nitrogens with zero attached hydrogens (tertiary/aromatic N) is 5. The van der Waals surface area contributed by atoms with Crippen LogP contribution in [0.15, 0.2) is 29.3 Å². The summed E-state index contributed by atoms with van der Waals surface area (Å²) in [5.74, 6) is 0. The minimum absolute atomic E-state index is 0.498. The molecule has 2 heterocycles. The molecule has 0 spiro atoms. The highest BCUT2D eigenvalue weighted by atomic mass is 16.5. The Bertz CT molecular complexity index is 544. The van der Waals surface area contributed by atoms with E-state index in [9.17, 15) is 0 Å². The Labute approximate surface area is 105 Å². The van der Waals surface area contributed by atoms with Crippen LogP contribution >= 0.6 is 0 Å². The number of ether oxygens (including phenoxy) is 1. The predicted octanol–water partition coefficient (Wildman–Crippen LogP) is 0.749. The molecule has 6 heteroatoms. The van der Waals surface area contributed by atoms with Crippen molar-refractivity contribution in [1.82, 2.24) is 19.9 Å². The third kappa shape index (κ3) is 2.33. The Morgan fingerprint density at radius 2 is 2.11 bits per heavy atom. The van der Waals surface area contributed by atoms with Gasteiger partial charge in [-0.3, -0.25) is 4.99 Å². The first kappa shape index (κ1) is 11.2. The van der Waals surface area contributed by atoms with Gasteiger partial charge in [0.25, 0.3) is 0 Å². The van der Waals surface area contributed by atoms with Crippen LogP contribution in [0.4, 0.5) is 0 Å². The maximum absolute atomic E-state index is 5.28. The van der Waals surface area contributed by atoms with Gasteiger partial charge in [0.05, 0.1) is 25.1 Å². The molecule has 0 unspecified atom stereocenters. The monoisotopic (exact) mass is 245 g/mol. The van der Waals surface area contributed by atoms with Gasteiger partial charge in [0.2, 0.25) is 0 Å². The standard InChI is InChI=1S/C12H15N5O/c1-2-4-12-11(3-1)14-15-17(12)10-13-9-16-5-7-18-8-6-16/h1-4,9H,5-8,10H2/b13-9+. The molecule has 0 N–H and O–H groups in total. The van der Waals surface area contributed by atoms with Crippen LogP contribution < -0.4 is 0 Å².